The van der Waals surface area contributed by atoms with Crippen molar-refractivity contribution in [3.8, 4) is 5.69 Å². The number of carbonyl (C=O) groups excluding carboxylic acids is 2. The molecule has 1 aromatic heterocycles. The average molecular weight is 569 g/mol. The number of nitrogens with two attached hydrogens (primary N) is 2. The summed E-state index contributed by atoms with van der Waals surface area (Å²) in [4.78, 5) is 47.7. The lowest BCUT2D eigenvalue weighted by molar-refractivity contribution is -0.137. The first-order valence-electron chi connectivity index (χ1n) is 14.4. The van der Waals surface area contributed by atoms with Crippen LogP contribution in [0.25, 0.3) is 5.69 Å². The zero-order valence-corrected chi connectivity index (χ0v) is 24.6. The highest BCUT2D eigenvalue weighted by molar-refractivity contribution is 5.89. The predicted octanol–water partition coefficient (Wildman–Crippen LogP) is 1.36. The smallest absolute Gasteiger partial charge is 0.354 e. The number of piperazine rings is 1. The zero-order valence-electron chi connectivity index (χ0n) is 24.6. The number of ether oxygens (including phenoxy) is 1. The van der Waals surface area contributed by atoms with Crippen LogP contribution < -0.4 is 22.5 Å². The Morgan fingerprint density at radius 2 is 1.76 bits per heavy atom. The molecule has 224 valence electrons. The minimum atomic E-state index is -0.952. The molecule has 5 N–H and O–H groups in total. The van der Waals surface area contributed by atoms with Crippen LogP contribution in [0.15, 0.2) is 41.3 Å². The Kier molecular flexibility index (Phi) is 9.80. The molecule has 0 unspecified atom stereocenters. The fourth-order valence-electron chi connectivity index (χ4n) is 5.61. The number of anilines is 1. The van der Waals surface area contributed by atoms with E-state index < -0.39 is 11.2 Å². The largest absolute Gasteiger partial charge is 0.380 e. The Morgan fingerprint density at radius 3 is 2.34 bits per heavy atom. The molecule has 2 aromatic rings. The van der Waals surface area contributed by atoms with Crippen LogP contribution in [0, 0.1) is 0 Å². The molecule has 3 amide bonds. The number of rotatable bonds is 8. The van der Waals surface area contributed by atoms with Crippen LogP contribution >= 0.6 is 0 Å². The van der Waals surface area contributed by atoms with E-state index >= 15 is 0 Å². The van der Waals surface area contributed by atoms with Crippen molar-refractivity contribution in [3.05, 3.63) is 52.6 Å². The summed E-state index contributed by atoms with van der Waals surface area (Å²) in [5, 5.41) is 2.70. The van der Waals surface area contributed by atoms with E-state index in [1.54, 1.807) is 43.0 Å². The summed E-state index contributed by atoms with van der Waals surface area (Å²) in [7, 11) is 1.73. The molecule has 1 aromatic carbocycles. The molecule has 12 nitrogen and oxygen atoms in total. The third-order valence-corrected chi connectivity index (χ3v) is 8.08. The van der Waals surface area contributed by atoms with Crippen LogP contribution in [-0.4, -0.2) is 99.7 Å². The predicted molar refractivity (Wildman–Crippen MR) is 158 cm³/mol. The van der Waals surface area contributed by atoms with Crippen LogP contribution in [0.5, 0.6) is 0 Å². The Labute approximate surface area is 241 Å². The number of urea groups is 1. The lowest BCUT2D eigenvalue weighted by Gasteiger charge is -2.39. The number of benzene rings is 1. The Balaban J connectivity index is 1.33. The number of nitrogens with one attached hydrogen (secondary N) is 1. The number of aromatic nitrogens is 2. The maximum Gasteiger partial charge on any atom is 0.354 e. The van der Waals surface area contributed by atoms with E-state index in [2.05, 4.69) is 22.1 Å². The van der Waals surface area contributed by atoms with Crippen molar-refractivity contribution in [2.24, 2.45) is 11.5 Å². The van der Waals surface area contributed by atoms with Gasteiger partial charge in [0.15, 0.2) is 0 Å². The standard InChI is InChI=1S/C29H44N8O4/c1-5-34(22-10-11-23(30)24(18-22)41-4)19-20-6-8-21(9-7-20)37-13-12-25(33-28(37)40)32-27(39)36-16-14-35(15-17-36)26(38)29(2,3)31/h6-9,12-13,22-24H,5,10-11,14-19,30-31H2,1-4H3,(H,32,33,39,40)/t22-,23-,24-/m0/s1. The van der Waals surface area contributed by atoms with Gasteiger partial charge in [0.1, 0.15) is 5.82 Å². The summed E-state index contributed by atoms with van der Waals surface area (Å²) in [6.07, 6.45) is 4.63. The van der Waals surface area contributed by atoms with Crippen molar-refractivity contribution >= 4 is 17.8 Å². The van der Waals surface area contributed by atoms with E-state index in [1.807, 2.05) is 24.3 Å². The van der Waals surface area contributed by atoms with Crippen molar-refractivity contribution in [1.82, 2.24) is 24.3 Å². The lowest BCUT2D eigenvalue weighted by Crippen LogP contribution is -2.58. The van der Waals surface area contributed by atoms with Gasteiger partial charge in [-0.1, -0.05) is 19.1 Å². The normalized spacial score (nSPS) is 21.7. The van der Waals surface area contributed by atoms with Gasteiger partial charge >= 0.3 is 11.7 Å². The average Bonchev–Trinajstić information content (AvgIpc) is 2.96. The number of amides is 3. The highest BCUT2D eigenvalue weighted by Gasteiger charge is 2.32. The Bertz CT molecular complexity index is 1250. The van der Waals surface area contributed by atoms with E-state index in [0.29, 0.717) is 37.9 Å². The minimum Gasteiger partial charge on any atom is -0.380 e. The molecule has 1 aliphatic heterocycles. The molecule has 1 saturated heterocycles. The monoisotopic (exact) mass is 568 g/mol. The summed E-state index contributed by atoms with van der Waals surface area (Å²) in [6.45, 7) is 8.77. The molecule has 1 saturated carbocycles. The molecule has 2 aliphatic rings. The van der Waals surface area contributed by atoms with Crippen molar-refractivity contribution in [1.29, 1.82) is 0 Å². The van der Waals surface area contributed by atoms with Crippen molar-refractivity contribution in [2.75, 3.05) is 45.2 Å². The van der Waals surface area contributed by atoms with Gasteiger partial charge in [-0.15, -0.1) is 0 Å². The van der Waals surface area contributed by atoms with Gasteiger partial charge in [-0.05, 0) is 63.4 Å². The van der Waals surface area contributed by atoms with Crippen molar-refractivity contribution in [3.63, 3.8) is 0 Å². The number of methoxy groups -OCH3 is 1. The second-order valence-corrected chi connectivity index (χ2v) is 11.5. The topological polar surface area (TPSA) is 152 Å². The van der Waals surface area contributed by atoms with Gasteiger partial charge < -0.3 is 26.0 Å². The quantitative estimate of drug-likeness (QED) is 0.432. The van der Waals surface area contributed by atoms with E-state index in [4.69, 9.17) is 16.2 Å². The SMILES string of the molecule is CCN(Cc1ccc(-n2ccc(NC(=O)N3CCN(C(=O)C(C)(C)N)CC3)nc2=O)cc1)[C@H]1CC[C@H](N)[C@@H](OC)C1. The lowest BCUT2D eigenvalue weighted by atomic mass is 9.88. The van der Waals surface area contributed by atoms with Gasteiger partial charge in [0.2, 0.25) is 5.91 Å². The summed E-state index contributed by atoms with van der Waals surface area (Å²) in [5.41, 5.74) is 12.5. The minimum absolute atomic E-state index is 0.0853. The molecule has 1 aliphatic carbocycles. The van der Waals surface area contributed by atoms with Crippen LogP contribution in [0.4, 0.5) is 10.6 Å². The third kappa shape index (κ3) is 7.50. The second kappa shape index (κ2) is 13.1. The van der Waals surface area contributed by atoms with Crippen molar-refractivity contribution in [2.45, 2.75) is 70.3 Å². The first kappa shape index (κ1) is 30.6. The summed E-state index contributed by atoms with van der Waals surface area (Å²) in [6, 6.07) is 9.61. The van der Waals surface area contributed by atoms with Gasteiger partial charge in [0.05, 0.1) is 17.3 Å². The van der Waals surface area contributed by atoms with Crippen LogP contribution in [0.2, 0.25) is 0 Å². The van der Waals surface area contributed by atoms with Crippen LogP contribution in [0.1, 0.15) is 45.6 Å². The summed E-state index contributed by atoms with van der Waals surface area (Å²) in [5.74, 6) is 0.0304. The van der Waals surface area contributed by atoms with E-state index in [1.165, 1.54) is 4.57 Å². The van der Waals surface area contributed by atoms with Gasteiger partial charge in [0, 0.05) is 58.1 Å². The van der Waals surface area contributed by atoms with Crippen LogP contribution in [-0.2, 0) is 16.1 Å². The molecule has 41 heavy (non-hydrogen) atoms. The van der Waals surface area contributed by atoms with E-state index in [0.717, 1.165) is 37.9 Å². The Morgan fingerprint density at radius 1 is 1.10 bits per heavy atom. The molecular weight excluding hydrogens is 524 g/mol. The van der Waals surface area contributed by atoms with E-state index in [9.17, 15) is 14.4 Å². The fourth-order valence-corrected chi connectivity index (χ4v) is 5.61. The zero-order chi connectivity index (χ0) is 29.7. The Hall–Kier alpha value is -3.32. The molecule has 2 fully saturated rings. The number of nitrogens with zero attached hydrogens (tertiary/aromatic N) is 5. The number of hydrogen-bond donors (Lipinski definition) is 3. The van der Waals surface area contributed by atoms with Gasteiger partial charge in [-0.3, -0.25) is 19.6 Å². The third-order valence-electron chi connectivity index (χ3n) is 8.08. The molecule has 2 heterocycles. The van der Waals surface area contributed by atoms with Crippen molar-refractivity contribution < 1.29 is 14.3 Å². The first-order chi connectivity index (χ1) is 19.5. The molecule has 3 atom stereocenters. The van der Waals surface area contributed by atoms with Gasteiger partial charge in [0.25, 0.3) is 0 Å². The molecule has 12 heteroatoms. The molecule has 0 bridgehead atoms. The summed E-state index contributed by atoms with van der Waals surface area (Å²) >= 11 is 0. The molecular formula is C29H44N8O4. The molecule has 0 radical (unpaired) electrons. The number of hydrogen-bond acceptors (Lipinski definition) is 8. The van der Waals surface area contributed by atoms with E-state index in [-0.39, 0.29) is 29.9 Å². The maximum absolute atomic E-state index is 12.8. The molecule has 4 rings (SSSR count). The second-order valence-electron chi connectivity index (χ2n) is 11.5. The summed E-state index contributed by atoms with van der Waals surface area (Å²) < 4.78 is 7.05. The molecule has 0 spiro atoms. The first-order valence-corrected chi connectivity index (χ1v) is 14.4. The maximum atomic E-state index is 12.8. The number of carbonyl (C=O) groups is 2. The van der Waals surface area contributed by atoms with Crippen LogP contribution in [0.3, 0.4) is 0 Å². The highest BCUT2D eigenvalue weighted by Crippen LogP contribution is 2.26. The highest BCUT2D eigenvalue weighted by atomic mass is 16.5. The van der Waals surface area contributed by atoms with Gasteiger partial charge in [-0.25, -0.2) is 9.59 Å². The van der Waals surface area contributed by atoms with Gasteiger partial charge in [-0.2, -0.15) is 4.98 Å². The fraction of sp³-hybridized carbons (Fsp3) is 0.586.